The van der Waals surface area contributed by atoms with E-state index in [1.807, 2.05) is 35.0 Å². The summed E-state index contributed by atoms with van der Waals surface area (Å²) in [4.78, 5) is 19.3. The summed E-state index contributed by atoms with van der Waals surface area (Å²) in [7, 11) is 0. The van der Waals surface area contributed by atoms with Gasteiger partial charge in [-0.3, -0.25) is 14.7 Å². The molecule has 3 aromatic heterocycles. The number of likely N-dealkylation sites (tertiary alicyclic amines) is 1. The molecule has 1 saturated heterocycles. The van der Waals surface area contributed by atoms with Crippen LogP contribution in [0.15, 0.2) is 58.0 Å². The van der Waals surface area contributed by atoms with E-state index in [1.165, 1.54) is 0 Å². The van der Waals surface area contributed by atoms with E-state index >= 15 is 0 Å². The first-order valence-corrected chi connectivity index (χ1v) is 9.76. The Balaban J connectivity index is 1.48. The molecule has 6 nitrogen and oxygen atoms in total. The molecule has 0 unspecified atom stereocenters. The maximum absolute atomic E-state index is 12.6. The quantitative estimate of drug-likeness (QED) is 0.757. The fraction of sp³-hybridized carbons (Fsp3) is 0.364. The average molecular weight is 377 g/mol. The molecule has 2 bridgehead atoms. The Bertz CT molecular complexity index is 1040. The lowest BCUT2D eigenvalue weighted by Gasteiger charge is -2.43. The van der Waals surface area contributed by atoms with Gasteiger partial charge in [-0.15, -0.1) is 0 Å². The largest absolute Gasteiger partial charge is 0.462 e. The number of hydrogen-bond acceptors (Lipinski definition) is 5. The minimum atomic E-state index is -0.0734. The topological polar surface area (TPSA) is 71.5 Å². The molecular weight excluding hydrogens is 354 g/mol. The van der Waals surface area contributed by atoms with Crippen molar-refractivity contribution >= 4 is 0 Å². The third-order valence-corrected chi connectivity index (χ3v) is 5.89. The predicted octanol–water partition coefficient (Wildman–Crippen LogP) is 2.61. The Morgan fingerprint density at radius 1 is 1.11 bits per heavy atom. The molecule has 2 atom stereocenters. The summed E-state index contributed by atoms with van der Waals surface area (Å²) < 4.78 is 7.67. The van der Waals surface area contributed by atoms with Crippen molar-refractivity contribution in [3.63, 3.8) is 0 Å². The van der Waals surface area contributed by atoms with Crippen LogP contribution in [0.2, 0.25) is 0 Å². The maximum Gasteiger partial charge on any atom is 0.250 e. The van der Waals surface area contributed by atoms with E-state index in [-0.39, 0.29) is 12.2 Å². The summed E-state index contributed by atoms with van der Waals surface area (Å²) >= 11 is 0. The van der Waals surface area contributed by atoms with Crippen molar-refractivity contribution in [2.24, 2.45) is 5.92 Å². The zero-order chi connectivity index (χ0) is 19.1. The number of aromatic nitrogens is 2. The first-order valence-electron chi connectivity index (χ1n) is 9.76. The van der Waals surface area contributed by atoms with Crippen LogP contribution < -0.4 is 5.56 Å². The number of aliphatic hydroxyl groups is 1. The van der Waals surface area contributed by atoms with Crippen molar-refractivity contribution in [2.75, 3.05) is 13.1 Å². The van der Waals surface area contributed by atoms with Crippen LogP contribution in [0.5, 0.6) is 0 Å². The highest BCUT2D eigenvalue weighted by Gasteiger charge is 2.36. The SMILES string of the molecule is O=c1ccc(-c2cccnc2)c2n1C[C@H]1C[C@@H]2CN(Cc2ccc(CO)o2)C1. The molecule has 144 valence electrons. The molecule has 2 aliphatic heterocycles. The van der Waals surface area contributed by atoms with Crippen LogP contribution >= 0.6 is 0 Å². The fourth-order valence-corrected chi connectivity index (χ4v) is 4.82. The van der Waals surface area contributed by atoms with Gasteiger partial charge in [0, 0.05) is 60.8 Å². The van der Waals surface area contributed by atoms with Gasteiger partial charge in [0.2, 0.25) is 0 Å². The maximum atomic E-state index is 12.6. The van der Waals surface area contributed by atoms with Crippen molar-refractivity contribution in [1.29, 1.82) is 0 Å². The third kappa shape index (κ3) is 3.08. The van der Waals surface area contributed by atoms with Gasteiger partial charge in [0.05, 0.1) is 6.54 Å². The summed E-state index contributed by atoms with van der Waals surface area (Å²) in [5.74, 6) is 2.24. The zero-order valence-electron chi connectivity index (χ0n) is 15.6. The molecule has 0 amide bonds. The highest BCUT2D eigenvalue weighted by Crippen LogP contribution is 2.40. The Labute approximate surface area is 163 Å². The van der Waals surface area contributed by atoms with Crippen LogP contribution in [-0.4, -0.2) is 32.6 Å². The van der Waals surface area contributed by atoms with Gasteiger partial charge < -0.3 is 14.1 Å². The number of pyridine rings is 2. The second-order valence-electron chi connectivity index (χ2n) is 7.84. The minimum Gasteiger partial charge on any atom is -0.462 e. The molecule has 0 aliphatic carbocycles. The normalized spacial score (nSPS) is 21.5. The Kier molecular flexibility index (Phi) is 4.37. The van der Waals surface area contributed by atoms with E-state index in [0.717, 1.165) is 55.2 Å². The number of furan rings is 1. The van der Waals surface area contributed by atoms with E-state index in [9.17, 15) is 9.90 Å². The lowest BCUT2D eigenvalue weighted by atomic mass is 9.80. The van der Waals surface area contributed by atoms with Crippen LogP contribution in [0.4, 0.5) is 0 Å². The second-order valence-corrected chi connectivity index (χ2v) is 7.84. The van der Waals surface area contributed by atoms with Crippen LogP contribution in [0.3, 0.4) is 0 Å². The third-order valence-electron chi connectivity index (χ3n) is 5.89. The summed E-state index contributed by atoms with van der Waals surface area (Å²) in [5, 5.41) is 9.22. The van der Waals surface area contributed by atoms with E-state index in [1.54, 1.807) is 12.3 Å². The van der Waals surface area contributed by atoms with Crippen molar-refractivity contribution in [1.82, 2.24) is 14.5 Å². The molecule has 28 heavy (non-hydrogen) atoms. The Morgan fingerprint density at radius 3 is 2.79 bits per heavy atom. The van der Waals surface area contributed by atoms with E-state index < -0.39 is 0 Å². The summed E-state index contributed by atoms with van der Waals surface area (Å²) in [6, 6.07) is 11.4. The monoisotopic (exact) mass is 377 g/mol. The zero-order valence-corrected chi connectivity index (χ0v) is 15.6. The van der Waals surface area contributed by atoms with Crippen LogP contribution in [0.25, 0.3) is 11.1 Å². The van der Waals surface area contributed by atoms with Gasteiger partial charge in [-0.1, -0.05) is 6.07 Å². The lowest BCUT2D eigenvalue weighted by Crippen LogP contribution is -2.46. The number of piperidine rings is 1. The van der Waals surface area contributed by atoms with Gasteiger partial charge >= 0.3 is 0 Å². The summed E-state index contributed by atoms with van der Waals surface area (Å²) in [6.45, 7) is 3.26. The molecular formula is C22H23N3O3. The van der Waals surface area contributed by atoms with Crippen molar-refractivity contribution < 1.29 is 9.52 Å². The van der Waals surface area contributed by atoms with E-state index in [0.29, 0.717) is 17.6 Å². The van der Waals surface area contributed by atoms with Crippen LogP contribution in [0, 0.1) is 5.92 Å². The molecule has 0 aromatic carbocycles. The van der Waals surface area contributed by atoms with Crippen molar-refractivity contribution in [3.8, 4) is 11.1 Å². The van der Waals surface area contributed by atoms with Crippen LogP contribution in [0.1, 0.15) is 29.6 Å². The molecule has 1 N–H and O–H groups in total. The summed E-state index contributed by atoms with van der Waals surface area (Å²) in [5.41, 5.74) is 3.39. The first kappa shape index (κ1) is 17.4. The van der Waals surface area contributed by atoms with Gasteiger partial charge in [0.25, 0.3) is 5.56 Å². The molecule has 2 aliphatic rings. The number of nitrogens with zero attached hydrogens (tertiary/aromatic N) is 3. The van der Waals surface area contributed by atoms with Gasteiger partial charge in [0.1, 0.15) is 18.1 Å². The molecule has 0 saturated carbocycles. The highest BCUT2D eigenvalue weighted by atomic mass is 16.4. The molecule has 0 spiro atoms. The highest BCUT2D eigenvalue weighted by molar-refractivity contribution is 5.66. The predicted molar refractivity (Wildman–Crippen MR) is 105 cm³/mol. The fourth-order valence-electron chi connectivity index (χ4n) is 4.82. The molecule has 6 heteroatoms. The van der Waals surface area contributed by atoms with E-state index in [4.69, 9.17) is 4.42 Å². The smallest absolute Gasteiger partial charge is 0.250 e. The number of fused-ring (bicyclic) bond motifs is 4. The second kappa shape index (κ2) is 7.04. The number of rotatable bonds is 4. The minimum absolute atomic E-state index is 0.0734. The Hall–Kier alpha value is -2.70. The standard InChI is InChI=1S/C22H23N3O3/c26-14-19-4-3-18(28-19)13-24-10-15-8-17(12-24)22-20(16-2-1-7-23-9-16)5-6-21(27)25(22)11-15/h1-7,9,15,17,26H,8,10-14H2/t15-,17+/m0/s1. The van der Waals surface area contributed by atoms with Gasteiger partial charge in [-0.05, 0) is 36.6 Å². The lowest BCUT2D eigenvalue weighted by molar-refractivity contribution is 0.107. The number of hydrogen-bond donors (Lipinski definition) is 1. The van der Waals surface area contributed by atoms with Gasteiger partial charge in [-0.25, -0.2) is 0 Å². The van der Waals surface area contributed by atoms with Crippen molar-refractivity contribution in [2.45, 2.75) is 32.0 Å². The molecule has 5 rings (SSSR count). The van der Waals surface area contributed by atoms with Crippen molar-refractivity contribution in [3.05, 3.63) is 76.4 Å². The molecule has 5 heterocycles. The Morgan fingerprint density at radius 2 is 2.00 bits per heavy atom. The van der Waals surface area contributed by atoms with Gasteiger partial charge in [-0.2, -0.15) is 0 Å². The first-order chi connectivity index (χ1) is 13.7. The van der Waals surface area contributed by atoms with Gasteiger partial charge in [0.15, 0.2) is 0 Å². The molecule has 3 aromatic rings. The average Bonchev–Trinajstić information content (AvgIpc) is 3.17. The summed E-state index contributed by atoms with van der Waals surface area (Å²) in [6.07, 6.45) is 4.74. The molecule has 1 fully saturated rings. The van der Waals surface area contributed by atoms with E-state index in [2.05, 4.69) is 16.0 Å². The number of aliphatic hydroxyl groups excluding tert-OH is 1. The molecule has 0 radical (unpaired) electrons. The van der Waals surface area contributed by atoms with Crippen LogP contribution in [-0.2, 0) is 19.7 Å².